The Bertz CT molecular complexity index is 213. The van der Waals surface area contributed by atoms with Gasteiger partial charge >= 0.3 is 5.92 Å². The third kappa shape index (κ3) is 2.20. The molecule has 0 aromatic rings. The molecule has 14 heavy (non-hydrogen) atoms. The lowest BCUT2D eigenvalue weighted by atomic mass is 10.0. The van der Waals surface area contributed by atoms with E-state index in [-0.39, 0.29) is 0 Å². The number of halogens is 2. The fourth-order valence-corrected chi connectivity index (χ4v) is 1.33. The zero-order chi connectivity index (χ0) is 10.8. The molecule has 5 heteroatoms. The summed E-state index contributed by atoms with van der Waals surface area (Å²) < 4.78 is 26.6. The molecule has 0 atom stereocenters. The number of nitrogens with zero attached hydrogens (tertiary/aromatic N) is 1. The molecule has 1 saturated heterocycles. The van der Waals surface area contributed by atoms with Crippen molar-refractivity contribution in [3.8, 4) is 0 Å². The summed E-state index contributed by atoms with van der Waals surface area (Å²) in [5.74, 6) is -5.20. The van der Waals surface area contributed by atoms with Gasteiger partial charge in [-0.15, -0.1) is 0 Å². The lowest BCUT2D eigenvalue weighted by Gasteiger charge is -2.31. The van der Waals surface area contributed by atoms with E-state index in [1.807, 2.05) is 0 Å². The minimum absolute atomic E-state index is 0.376. The Labute approximate surface area is 82.5 Å². The molecular weight excluding hydrogens is 190 g/mol. The first-order valence-corrected chi connectivity index (χ1v) is 4.84. The Kier molecular flexibility index (Phi) is 3.42. The standard InChI is InChI=1S/C9H16F2N2O/c1-7(2)9(10,11)8(14)13-5-3-12-4-6-13/h7,12H,3-6H2,1-2H3. The number of carbonyl (C=O) groups excluding carboxylic acids is 1. The van der Waals surface area contributed by atoms with Crippen molar-refractivity contribution in [2.24, 2.45) is 5.92 Å². The molecule has 1 aliphatic heterocycles. The number of hydrogen-bond donors (Lipinski definition) is 1. The average molecular weight is 206 g/mol. The highest BCUT2D eigenvalue weighted by Gasteiger charge is 2.45. The predicted molar refractivity (Wildman–Crippen MR) is 49.2 cm³/mol. The van der Waals surface area contributed by atoms with Gasteiger partial charge in [-0.1, -0.05) is 13.8 Å². The SMILES string of the molecule is CC(C)C(F)(F)C(=O)N1CCNCC1. The van der Waals surface area contributed by atoms with Crippen LogP contribution in [0, 0.1) is 5.92 Å². The fraction of sp³-hybridized carbons (Fsp3) is 0.889. The van der Waals surface area contributed by atoms with Crippen LogP contribution >= 0.6 is 0 Å². The largest absolute Gasteiger partial charge is 0.335 e. The molecule has 0 spiro atoms. The van der Waals surface area contributed by atoms with Crippen molar-refractivity contribution in [1.82, 2.24) is 10.2 Å². The van der Waals surface area contributed by atoms with Crippen LogP contribution in [0.3, 0.4) is 0 Å². The van der Waals surface area contributed by atoms with E-state index in [2.05, 4.69) is 5.32 Å². The molecule has 0 unspecified atom stereocenters. The normalized spacial score (nSPS) is 18.8. The van der Waals surface area contributed by atoms with Crippen molar-refractivity contribution < 1.29 is 13.6 Å². The minimum Gasteiger partial charge on any atom is -0.335 e. The Hall–Kier alpha value is -0.710. The second-order valence-corrected chi connectivity index (χ2v) is 3.82. The van der Waals surface area contributed by atoms with Gasteiger partial charge in [-0.2, -0.15) is 8.78 Å². The first kappa shape index (κ1) is 11.4. The van der Waals surface area contributed by atoms with Crippen molar-refractivity contribution in [1.29, 1.82) is 0 Å². The third-order valence-electron chi connectivity index (χ3n) is 2.41. The molecule has 0 saturated carbocycles. The zero-order valence-corrected chi connectivity index (χ0v) is 8.52. The molecule has 3 nitrogen and oxygen atoms in total. The second-order valence-electron chi connectivity index (χ2n) is 3.82. The average Bonchev–Trinajstić information content (AvgIpc) is 2.17. The van der Waals surface area contributed by atoms with E-state index in [1.165, 1.54) is 18.7 Å². The smallest absolute Gasteiger partial charge is 0.327 e. The summed E-state index contributed by atoms with van der Waals surface area (Å²) in [6, 6.07) is 0. The molecule has 1 amide bonds. The third-order valence-corrected chi connectivity index (χ3v) is 2.41. The van der Waals surface area contributed by atoms with Gasteiger partial charge in [-0.3, -0.25) is 4.79 Å². The molecule has 0 bridgehead atoms. The summed E-state index contributed by atoms with van der Waals surface area (Å²) in [5, 5.41) is 3.01. The topological polar surface area (TPSA) is 32.3 Å². The van der Waals surface area contributed by atoms with Crippen LogP contribution in [-0.4, -0.2) is 42.9 Å². The quantitative estimate of drug-likeness (QED) is 0.721. The molecule has 1 N–H and O–H groups in total. The summed E-state index contributed by atoms with van der Waals surface area (Å²) in [4.78, 5) is 12.6. The highest BCUT2D eigenvalue weighted by atomic mass is 19.3. The van der Waals surface area contributed by atoms with E-state index in [1.54, 1.807) is 0 Å². The summed E-state index contributed by atoms with van der Waals surface area (Å²) in [6.45, 7) is 4.67. The van der Waals surface area contributed by atoms with Gasteiger partial charge in [0, 0.05) is 32.1 Å². The fourth-order valence-electron chi connectivity index (χ4n) is 1.33. The van der Waals surface area contributed by atoms with Crippen molar-refractivity contribution >= 4 is 5.91 Å². The lowest BCUT2D eigenvalue weighted by molar-refractivity contribution is -0.164. The molecule has 0 aromatic heterocycles. The molecule has 1 heterocycles. The summed E-state index contributed by atoms with van der Waals surface area (Å²) in [6.07, 6.45) is 0. The van der Waals surface area contributed by atoms with Crippen LogP contribution in [0.2, 0.25) is 0 Å². The maximum absolute atomic E-state index is 13.3. The Morgan fingerprint density at radius 3 is 2.29 bits per heavy atom. The number of carbonyl (C=O) groups is 1. The van der Waals surface area contributed by atoms with Gasteiger partial charge in [-0.25, -0.2) is 0 Å². The second kappa shape index (κ2) is 4.21. The summed E-state index contributed by atoms with van der Waals surface area (Å²) in [5.41, 5.74) is 0. The van der Waals surface area contributed by atoms with Crippen LogP contribution in [-0.2, 0) is 4.79 Å². The van der Waals surface area contributed by atoms with E-state index in [0.29, 0.717) is 26.2 Å². The molecular formula is C9H16F2N2O. The number of hydrogen-bond acceptors (Lipinski definition) is 2. The Balaban J connectivity index is 2.63. The maximum atomic E-state index is 13.3. The summed E-state index contributed by atoms with van der Waals surface area (Å²) in [7, 11) is 0. The van der Waals surface area contributed by atoms with Crippen LogP contribution in [0.1, 0.15) is 13.8 Å². The predicted octanol–water partition coefficient (Wildman–Crippen LogP) is 0.710. The lowest BCUT2D eigenvalue weighted by Crippen LogP contribution is -2.53. The van der Waals surface area contributed by atoms with Crippen LogP contribution < -0.4 is 5.32 Å². The summed E-state index contributed by atoms with van der Waals surface area (Å²) >= 11 is 0. The molecule has 0 radical (unpaired) electrons. The van der Waals surface area contributed by atoms with E-state index < -0.39 is 17.7 Å². The molecule has 1 aliphatic rings. The van der Waals surface area contributed by atoms with Gasteiger partial charge in [0.15, 0.2) is 0 Å². The van der Waals surface area contributed by atoms with Crippen LogP contribution in [0.4, 0.5) is 8.78 Å². The van der Waals surface area contributed by atoms with Gasteiger partial charge in [0.2, 0.25) is 0 Å². The first-order valence-electron chi connectivity index (χ1n) is 4.84. The molecule has 82 valence electrons. The number of piperazine rings is 1. The van der Waals surface area contributed by atoms with Crippen LogP contribution in [0.15, 0.2) is 0 Å². The highest BCUT2D eigenvalue weighted by molar-refractivity contribution is 5.83. The highest BCUT2D eigenvalue weighted by Crippen LogP contribution is 2.26. The molecule has 0 aromatic carbocycles. The van der Waals surface area contributed by atoms with E-state index in [0.717, 1.165) is 0 Å². The van der Waals surface area contributed by atoms with Crippen molar-refractivity contribution in [2.45, 2.75) is 19.8 Å². The number of rotatable bonds is 2. The van der Waals surface area contributed by atoms with Crippen molar-refractivity contribution in [2.75, 3.05) is 26.2 Å². The van der Waals surface area contributed by atoms with Gasteiger partial charge in [0.05, 0.1) is 0 Å². The van der Waals surface area contributed by atoms with E-state index in [4.69, 9.17) is 0 Å². The van der Waals surface area contributed by atoms with Crippen molar-refractivity contribution in [3.63, 3.8) is 0 Å². The van der Waals surface area contributed by atoms with Crippen LogP contribution in [0.5, 0.6) is 0 Å². The zero-order valence-electron chi connectivity index (χ0n) is 8.52. The number of nitrogens with one attached hydrogen (secondary N) is 1. The van der Waals surface area contributed by atoms with Gasteiger partial charge in [0.25, 0.3) is 5.91 Å². The van der Waals surface area contributed by atoms with Crippen LogP contribution in [0.25, 0.3) is 0 Å². The van der Waals surface area contributed by atoms with E-state index in [9.17, 15) is 13.6 Å². The van der Waals surface area contributed by atoms with Gasteiger partial charge in [0.1, 0.15) is 0 Å². The number of alkyl halides is 2. The monoisotopic (exact) mass is 206 g/mol. The molecule has 0 aliphatic carbocycles. The van der Waals surface area contributed by atoms with Gasteiger partial charge < -0.3 is 10.2 Å². The van der Waals surface area contributed by atoms with E-state index >= 15 is 0 Å². The first-order chi connectivity index (χ1) is 6.46. The number of amides is 1. The van der Waals surface area contributed by atoms with Crippen molar-refractivity contribution in [3.05, 3.63) is 0 Å². The molecule has 1 rings (SSSR count). The molecule has 1 fully saturated rings. The van der Waals surface area contributed by atoms with Gasteiger partial charge in [-0.05, 0) is 0 Å². The minimum atomic E-state index is -3.22. The Morgan fingerprint density at radius 1 is 1.36 bits per heavy atom. The maximum Gasteiger partial charge on any atom is 0.327 e. The Morgan fingerprint density at radius 2 is 1.86 bits per heavy atom.